The van der Waals surface area contributed by atoms with Crippen LogP contribution in [0, 0.1) is 0 Å². The topological polar surface area (TPSA) is 47.9 Å². The maximum absolute atomic E-state index is 9.34. The van der Waals surface area contributed by atoms with Gasteiger partial charge in [0.05, 0.1) is 6.04 Å². The summed E-state index contributed by atoms with van der Waals surface area (Å²) in [6.45, 7) is 2.00. The zero-order valence-electron chi connectivity index (χ0n) is 7.65. The molecule has 2 unspecified atom stereocenters. The van der Waals surface area contributed by atoms with Crippen molar-refractivity contribution in [2.45, 2.75) is 19.3 Å². The Morgan fingerprint density at radius 3 is 2.92 bits per heavy atom. The molecule has 4 heteroatoms. The molecule has 0 amide bonds. The fraction of sp³-hybridized carbons (Fsp3) is 0.625. The molecule has 0 aromatic carbocycles. The van der Waals surface area contributed by atoms with E-state index >= 15 is 0 Å². The highest BCUT2D eigenvalue weighted by Gasteiger charge is 2.13. The van der Waals surface area contributed by atoms with Crippen LogP contribution in [0.15, 0.2) is 16.8 Å². The number of rotatable bonds is 1. The Kier molecular flexibility index (Phi) is 2.83. The van der Waals surface area contributed by atoms with Crippen LogP contribution in [-0.4, -0.2) is 42.7 Å². The molecule has 2 N–H and O–H groups in total. The Labute approximate surface area is 72.6 Å². The lowest BCUT2D eigenvalue weighted by Gasteiger charge is -2.16. The maximum Gasteiger partial charge on any atom is 0.224 e. The Balaban J connectivity index is 2.83. The summed E-state index contributed by atoms with van der Waals surface area (Å²) < 4.78 is 0. The second-order valence-electron chi connectivity index (χ2n) is 2.95. The van der Waals surface area contributed by atoms with Crippen molar-refractivity contribution in [1.82, 2.24) is 10.2 Å². The zero-order chi connectivity index (χ0) is 9.14. The molecule has 12 heavy (non-hydrogen) atoms. The standard InChI is InChI=1S/C8H15N3O/c1-6-5-11(3)8(12)10-4-7(6)9-2/h4-5,7-9,12H,1-3H3. The van der Waals surface area contributed by atoms with Crippen molar-refractivity contribution in [2.24, 2.45) is 4.99 Å². The third kappa shape index (κ3) is 1.84. The van der Waals surface area contributed by atoms with Crippen molar-refractivity contribution in [3.63, 3.8) is 0 Å². The van der Waals surface area contributed by atoms with Crippen molar-refractivity contribution >= 4 is 6.21 Å². The van der Waals surface area contributed by atoms with E-state index in [0.717, 1.165) is 5.57 Å². The fourth-order valence-corrected chi connectivity index (χ4v) is 1.16. The largest absolute Gasteiger partial charge is 0.355 e. The third-order valence-corrected chi connectivity index (χ3v) is 1.94. The minimum Gasteiger partial charge on any atom is -0.355 e. The van der Waals surface area contributed by atoms with E-state index in [2.05, 4.69) is 10.3 Å². The number of aliphatic imine (C=N–C) groups is 1. The number of hydrogen-bond donors (Lipinski definition) is 2. The summed E-state index contributed by atoms with van der Waals surface area (Å²) in [6.07, 6.45) is 2.86. The quantitative estimate of drug-likeness (QED) is 0.570. The van der Waals surface area contributed by atoms with E-state index in [-0.39, 0.29) is 6.04 Å². The number of nitrogens with zero attached hydrogens (tertiary/aromatic N) is 2. The van der Waals surface area contributed by atoms with Crippen LogP contribution in [0.3, 0.4) is 0 Å². The van der Waals surface area contributed by atoms with Crippen molar-refractivity contribution in [2.75, 3.05) is 14.1 Å². The van der Waals surface area contributed by atoms with E-state index in [1.165, 1.54) is 0 Å². The molecule has 4 nitrogen and oxygen atoms in total. The van der Waals surface area contributed by atoms with E-state index < -0.39 is 6.35 Å². The van der Waals surface area contributed by atoms with Gasteiger partial charge in [0.15, 0.2) is 0 Å². The Morgan fingerprint density at radius 1 is 1.67 bits per heavy atom. The van der Waals surface area contributed by atoms with Crippen LogP contribution < -0.4 is 5.32 Å². The summed E-state index contributed by atoms with van der Waals surface area (Å²) in [7, 11) is 3.66. The summed E-state index contributed by atoms with van der Waals surface area (Å²) in [4.78, 5) is 5.62. The first-order chi connectivity index (χ1) is 5.65. The van der Waals surface area contributed by atoms with Gasteiger partial charge >= 0.3 is 0 Å². The lowest BCUT2D eigenvalue weighted by atomic mass is 10.1. The summed E-state index contributed by atoms with van der Waals surface area (Å²) in [5.74, 6) is 0. The van der Waals surface area contributed by atoms with Gasteiger partial charge in [-0.2, -0.15) is 0 Å². The predicted molar refractivity (Wildman–Crippen MR) is 48.9 cm³/mol. The SMILES string of the molecule is CNC1C=NC(O)N(C)C=C1C. The number of nitrogens with one attached hydrogen (secondary N) is 1. The smallest absolute Gasteiger partial charge is 0.224 e. The van der Waals surface area contributed by atoms with Crippen LogP contribution >= 0.6 is 0 Å². The van der Waals surface area contributed by atoms with Crippen molar-refractivity contribution < 1.29 is 5.11 Å². The molecular weight excluding hydrogens is 154 g/mol. The molecule has 68 valence electrons. The van der Waals surface area contributed by atoms with Gasteiger partial charge in [-0.05, 0) is 19.5 Å². The van der Waals surface area contributed by atoms with Crippen LogP contribution in [-0.2, 0) is 0 Å². The van der Waals surface area contributed by atoms with E-state index in [0.29, 0.717) is 0 Å². The number of likely N-dealkylation sites (N-methyl/N-ethyl adjacent to an activating group) is 1. The van der Waals surface area contributed by atoms with Gasteiger partial charge in [-0.3, -0.25) is 0 Å². The van der Waals surface area contributed by atoms with Crippen molar-refractivity contribution in [3.8, 4) is 0 Å². The zero-order valence-corrected chi connectivity index (χ0v) is 7.65. The molecular formula is C8H15N3O. The highest BCUT2D eigenvalue weighted by Crippen LogP contribution is 2.07. The molecule has 0 aromatic rings. The summed E-state index contributed by atoms with van der Waals surface area (Å²) in [5, 5.41) is 12.4. The average Bonchev–Trinajstić information content (AvgIpc) is 2.14. The van der Waals surface area contributed by atoms with Gasteiger partial charge in [0.25, 0.3) is 0 Å². The normalized spacial score (nSPS) is 30.0. The minimum absolute atomic E-state index is 0.129. The lowest BCUT2D eigenvalue weighted by Crippen LogP contribution is -2.27. The van der Waals surface area contributed by atoms with Gasteiger partial charge in [-0.25, -0.2) is 4.99 Å². The highest BCUT2D eigenvalue weighted by atomic mass is 16.3. The van der Waals surface area contributed by atoms with E-state index in [1.807, 2.05) is 20.2 Å². The predicted octanol–water partition coefficient (Wildman–Crippen LogP) is -0.230. The van der Waals surface area contributed by atoms with Gasteiger partial charge in [-0.15, -0.1) is 0 Å². The summed E-state index contributed by atoms with van der Waals surface area (Å²) >= 11 is 0. The van der Waals surface area contributed by atoms with E-state index in [9.17, 15) is 5.11 Å². The third-order valence-electron chi connectivity index (χ3n) is 1.94. The maximum atomic E-state index is 9.34. The molecule has 0 radical (unpaired) electrons. The Bertz CT molecular complexity index is 212. The van der Waals surface area contributed by atoms with E-state index in [1.54, 1.807) is 18.2 Å². The van der Waals surface area contributed by atoms with Gasteiger partial charge < -0.3 is 15.3 Å². The van der Waals surface area contributed by atoms with E-state index in [4.69, 9.17) is 0 Å². The average molecular weight is 169 g/mol. The Hall–Kier alpha value is -0.870. The molecule has 1 aliphatic heterocycles. The molecule has 1 heterocycles. The highest BCUT2D eigenvalue weighted by molar-refractivity contribution is 5.69. The molecule has 0 fully saturated rings. The number of aliphatic hydroxyl groups excluding tert-OH is 1. The van der Waals surface area contributed by atoms with Gasteiger partial charge in [0.1, 0.15) is 0 Å². The second-order valence-corrected chi connectivity index (χ2v) is 2.95. The van der Waals surface area contributed by atoms with Gasteiger partial charge in [0.2, 0.25) is 6.35 Å². The van der Waals surface area contributed by atoms with Crippen LogP contribution in [0.2, 0.25) is 0 Å². The first-order valence-electron chi connectivity index (χ1n) is 3.94. The minimum atomic E-state index is -0.752. The van der Waals surface area contributed by atoms with Crippen LogP contribution in [0.25, 0.3) is 0 Å². The monoisotopic (exact) mass is 169 g/mol. The van der Waals surface area contributed by atoms with Crippen LogP contribution in [0.5, 0.6) is 0 Å². The van der Waals surface area contributed by atoms with Gasteiger partial charge in [-0.1, -0.05) is 0 Å². The molecule has 2 atom stereocenters. The van der Waals surface area contributed by atoms with Crippen LogP contribution in [0.4, 0.5) is 0 Å². The number of hydrogen-bond acceptors (Lipinski definition) is 4. The number of aliphatic hydroxyl groups is 1. The molecule has 0 aromatic heterocycles. The van der Waals surface area contributed by atoms with Gasteiger partial charge in [0, 0.05) is 19.5 Å². The van der Waals surface area contributed by atoms with Crippen molar-refractivity contribution in [3.05, 3.63) is 11.8 Å². The van der Waals surface area contributed by atoms with Crippen LogP contribution in [0.1, 0.15) is 6.92 Å². The first kappa shape index (κ1) is 9.22. The molecule has 1 aliphatic rings. The lowest BCUT2D eigenvalue weighted by molar-refractivity contribution is 0.0646. The molecule has 1 rings (SSSR count). The molecule has 0 spiro atoms. The molecule has 0 aliphatic carbocycles. The summed E-state index contributed by atoms with van der Waals surface area (Å²) in [5.41, 5.74) is 1.14. The Morgan fingerprint density at radius 2 is 2.33 bits per heavy atom. The second kappa shape index (κ2) is 3.69. The summed E-state index contributed by atoms with van der Waals surface area (Å²) in [6, 6.07) is 0.129. The fourth-order valence-electron chi connectivity index (χ4n) is 1.16. The molecule has 0 saturated carbocycles. The molecule has 0 bridgehead atoms. The van der Waals surface area contributed by atoms with Crippen molar-refractivity contribution in [1.29, 1.82) is 0 Å². The molecule has 0 saturated heterocycles. The first-order valence-corrected chi connectivity index (χ1v) is 3.94.